The van der Waals surface area contributed by atoms with E-state index in [1.807, 2.05) is 0 Å². The van der Waals surface area contributed by atoms with E-state index in [0.29, 0.717) is 36.8 Å². The van der Waals surface area contributed by atoms with Crippen LogP contribution in [0.15, 0.2) is 47.1 Å². The molecule has 0 spiro atoms. The van der Waals surface area contributed by atoms with Gasteiger partial charge in [-0.05, 0) is 49.2 Å². The first-order chi connectivity index (χ1) is 13.4. The summed E-state index contributed by atoms with van der Waals surface area (Å²) in [7, 11) is 0. The van der Waals surface area contributed by atoms with Crippen molar-refractivity contribution in [2.24, 2.45) is 0 Å². The molecule has 5 nitrogen and oxygen atoms in total. The summed E-state index contributed by atoms with van der Waals surface area (Å²) in [5.74, 6) is 0.0113. The molecule has 1 saturated heterocycles. The number of alkyl halides is 3. The van der Waals surface area contributed by atoms with Gasteiger partial charge in [-0.15, -0.1) is 0 Å². The molecule has 0 saturated carbocycles. The smallest absolute Gasteiger partial charge is 0.355 e. The van der Waals surface area contributed by atoms with Crippen LogP contribution in [0.1, 0.15) is 30.2 Å². The molecule has 1 aliphatic rings. The predicted octanol–water partition coefficient (Wildman–Crippen LogP) is 4.67. The molecule has 0 N–H and O–H groups in total. The maximum Gasteiger partial charge on any atom is 0.419 e. The van der Waals surface area contributed by atoms with Crippen LogP contribution in [-0.4, -0.2) is 28.2 Å². The van der Waals surface area contributed by atoms with Gasteiger partial charge in [0.05, 0.1) is 11.5 Å². The topological polar surface area (TPSA) is 55.1 Å². The quantitative estimate of drug-likeness (QED) is 0.606. The average molecular weight is 392 g/mol. The summed E-state index contributed by atoms with van der Waals surface area (Å²) in [4.78, 5) is 9.94. The zero-order chi connectivity index (χ0) is 19.7. The Balaban J connectivity index is 1.56. The number of pyridine rings is 1. The highest BCUT2D eigenvalue weighted by molar-refractivity contribution is 5.54. The number of hydrogen-bond acceptors (Lipinski definition) is 5. The maximum atomic E-state index is 13.3. The van der Waals surface area contributed by atoms with Gasteiger partial charge in [-0.2, -0.15) is 18.2 Å². The van der Waals surface area contributed by atoms with Crippen LogP contribution in [0.3, 0.4) is 0 Å². The number of halogens is 4. The van der Waals surface area contributed by atoms with Crippen molar-refractivity contribution in [2.45, 2.75) is 24.9 Å². The van der Waals surface area contributed by atoms with Gasteiger partial charge in [0.25, 0.3) is 0 Å². The summed E-state index contributed by atoms with van der Waals surface area (Å²) in [6, 6.07) is 7.99. The molecule has 0 amide bonds. The van der Waals surface area contributed by atoms with Gasteiger partial charge in [0.15, 0.2) is 0 Å². The Morgan fingerprint density at radius 3 is 2.64 bits per heavy atom. The van der Waals surface area contributed by atoms with Gasteiger partial charge >= 0.3 is 6.18 Å². The molecule has 2 aromatic heterocycles. The number of piperidine rings is 1. The summed E-state index contributed by atoms with van der Waals surface area (Å²) >= 11 is 0. The molecule has 3 heterocycles. The number of hydrogen-bond donors (Lipinski definition) is 0. The van der Waals surface area contributed by atoms with E-state index >= 15 is 0 Å². The second-order valence-corrected chi connectivity index (χ2v) is 6.62. The van der Waals surface area contributed by atoms with Crippen molar-refractivity contribution in [3.8, 4) is 11.4 Å². The standard InChI is InChI=1S/C19H16F4N4O/c20-14-7-5-12(6-8-14)16-25-18(28-26-16)13-3-2-10-27(11-13)17-15(19(21,22)23)4-1-9-24-17/h1,4-9,13H,2-3,10-11H2. The molecule has 1 fully saturated rings. The van der Waals surface area contributed by atoms with Gasteiger partial charge in [0.1, 0.15) is 11.6 Å². The highest BCUT2D eigenvalue weighted by atomic mass is 19.4. The molecule has 3 aromatic rings. The first-order valence-electron chi connectivity index (χ1n) is 8.78. The molecular weight excluding hydrogens is 376 g/mol. The normalized spacial score (nSPS) is 17.7. The van der Waals surface area contributed by atoms with Crippen LogP contribution in [0.4, 0.5) is 23.4 Å². The Hall–Kier alpha value is -2.97. The first kappa shape index (κ1) is 18.4. The van der Waals surface area contributed by atoms with Crippen molar-refractivity contribution in [2.75, 3.05) is 18.0 Å². The lowest BCUT2D eigenvalue weighted by molar-refractivity contribution is -0.137. The summed E-state index contributed by atoms with van der Waals surface area (Å²) in [6.07, 6.45) is -1.73. The minimum Gasteiger partial charge on any atom is -0.355 e. The van der Waals surface area contributed by atoms with Crippen molar-refractivity contribution in [1.82, 2.24) is 15.1 Å². The molecule has 9 heteroatoms. The maximum absolute atomic E-state index is 13.3. The molecule has 4 rings (SSSR count). The van der Waals surface area contributed by atoms with Crippen molar-refractivity contribution >= 4 is 5.82 Å². The molecule has 1 aromatic carbocycles. The van der Waals surface area contributed by atoms with Crippen LogP contribution in [0, 0.1) is 5.82 Å². The fourth-order valence-corrected chi connectivity index (χ4v) is 3.36. The van der Waals surface area contributed by atoms with Crippen molar-refractivity contribution in [3.05, 3.63) is 59.9 Å². The van der Waals surface area contributed by atoms with Gasteiger partial charge in [0, 0.05) is 24.8 Å². The van der Waals surface area contributed by atoms with Crippen LogP contribution in [0.2, 0.25) is 0 Å². The largest absolute Gasteiger partial charge is 0.419 e. The van der Waals surface area contributed by atoms with Crippen LogP contribution in [-0.2, 0) is 6.18 Å². The van der Waals surface area contributed by atoms with E-state index in [0.717, 1.165) is 12.5 Å². The first-order valence-corrected chi connectivity index (χ1v) is 8.78. The highest BCUT2D eigenvalue weighted by Crippen LogP contribution is 2.37. The lowest BCUT2D eigenvalue weighted by Crippen LogP contribution is -2.36. The zero-order valence-electron chi connectivity index (χ0n) is 14.7. The highest BCUT2D eigenvalue weighted by Gasteiger charge is 2.37. The Bertz CT molecular complexity index is 955. The van der Waals surface area contributed by atoms with Crippen molar-refractivity contribution in [1.29, 1.82) is 0 Å². The number of aromatic nitrogens is 3. The van der Waals surface area contributed by atoms with Crippen LogP contribution in [0.5, 0.6) is 0 Å². The zero-order valence-corrected chi connectivity index (χ0v) is 14.7. The van der Waals surface area contributed by atoms with Crippen LogP contribution in [0.25, 0.3) is 11.4 Å². The average Bonchev–Trinajstić information content (AvgIpc) is 3.18. The summed E-state index contributed by atoms with van der Waals surface area (Å²) in [6.45, 7) is 0.765. The third-order valence-electron chi connectivity index (χ3n) is 4.71. The van der Waals surface area contributed by atoms with E-state index < -0.39 is 11.7 Å². The lowest BCUT2D eigenvalue weighted by atomic mass is 9.97. The molecule has 0 bridgehead atoms. The predicted molar refractivity (Wildman–Crippen MR) is 93.1 cm³/mol. The summed E-state index contributed by atoms with van der Waals surface area (Å²) in [5.41, 5.74) is -0.152. The van der Waals surface area contributed by atoms with E-state index in [1.165, 1.54) is 24.4 Å². The Morgan fingerprint density at radius 1 is 1.11 bits per heavy atom. The molecule has 28 heavy (non-hydrogen) atoms. The van der Waals surface area contributed by atoms with Gasteiger partial charge in [-0.1, -0.05) is 5.16 Å². The summed E-state index contributed by atoms with van der Waals surface area (Å²) in [5, 5.41) is 3.92. The minimum atomic E-state index is -4.48. The minimum absolute atomic E-state index is 0.0852. The Morgan fingerprint density at radius 2 is 1.89 bits per heavy atom. The second kappa shape index (κ2) is 7.21. The van der Waals surface area contributed by atoms with Crippen molar-refractivity contribution < 1.29 is 22.1 Å². The number of rotatable bonds is 3. The fourth-order valence-electron chi connectivity index (χ4n) is 3.36. The summed E-state index contributed by atoms with van der Waals surface area (Å²) < 4.78 is 58.3. The third-order valence-corrected chi connectivity index (χ3v) is 4.71. The third kappa shape index (κ3) is 3.69. The number of benzene rings is 1. The Kier molecular flexibility index (Phi) is 4.74. The van der Waals surface area contributed by atoms with Crippen LogP contribution < -0.4 is 4.90 Å². The van der Waals surface area contributed by atoms with Gasteiger partial charge in [-0.25, -0.2) is 9.37 Å². The van der Waals surface area contributed by atoms with E-state index in [2.05, 4.69) is 15.1 Å². The molecule has 1 aliphatic heterocycles. The van der Waals surface area contributed by atoms with Gasteiger partial charge in [0.2, 0.25) is 11.7 Å². The number of anilines is 1. The lowest BCUT2D eigenvalue weighted by Gasteiger charge is -2.33. The molecular formula is C19H16F4N4O. The molecule has 1 unspecified atom stereocenters. The molecule has 0 aliphatic carbocycles. The van der Waals surface area contributed by atoms with E-state index in [9.17, 15) is 17.6 Å². The monoisotopic (exact) mass is 392 g/mol. The second-order valence-electron chi connectivity index (χ2n) is 6.62. The SMILES string of the molecule is Fc1ccc(-c2noc(C3CCCN(c4ncccc4C(F)(F)F)C3)n2)cc1. The molecule has 0 radical (unpaired) electrons. The van der Waals surface area contributed by atoms with E-state index in [4.69, 9.17) is 4.52 Å². The van der Waals surface area contributed by atoms with Gasteiger partial charge in [-0.3, -0.25) is 0 Å². The van der Waals surface area contributed by atoms with Gasteiger partial charge < -0.3 is 9.42 Å². The van der Waals surface area contributed by atoms with Crippen molar-refractivity contribution in [3.63, 3.8) is 0 Å². The molecule has 146 valence electrons. The van der Waals surface area contributed by atoms with E-state index in [1.54, 1.807) is 17.0 Å². The number of nitrogens with zero attached hydrogens (tertiary/aromatic N) is 4. The Labute approximate surface area is 158 Å². The fraction of sp³-hybridized carbons (Fsp3) is 0.316. The van der Waals surface area contributed by atoms with E-state index in [-0.39, 0.29) is 17.6 Å². The van der Waals surface area contributed by atoms with Crippen LogP contribution >= 0.6 is 0 Å². The molecule has 1 atom stereocenters.